The fraction of sp³-hybridized carbons (Fsp3) is 0.400. The molecule has 0 aliphatic heterocycles. The maximum Gasteiger partial charge on any atom is 0.235 e. The molecule has 3 rings (SSSR count). The first-order valence-electron chi connectivity index (χ1n) is 5.61. The Balaban J connectivity index is 2.05. The maximum absolute atomic E-state index is 5.81. The second kappa shape index (κ2) is 4.38. The highest BCUT2D eigenvalue weighted by atomic mass is 32.1. The molecule has 94 valence electrons. The highest BCUT2D eigenvalue weighted by molar-refractivity contribution is 7.20. The topological polar surface area (TPSA) is 82.0 Å². The van der Waals surface area contributed by atoms with Gasteiger partial charge in [0, 0.05) is 11.8 Å². The van der Waals surface area contributed by atoms with Gasteiger partial charge in [0.1, 0.15) is 10.7 Å². The van der Waals surface area contributed by atoms with E-state index in [1.807, 2.05) is 19.2 Å². The number of nitrogens with two attached hydrogens (primary N) is 1. The van der Waals surface area contributed by atoms with Gasteiger partial charge in [0.15, 0.2) is 10.8 Å². The standard InChI is InChI=1S/C10H12N6S2/c1-3-7-13-14-10-16(7)15-9(18-10)6-4-17-8(12-6)5(2)11/h4-5H,3,11H2,1-2H3. The molecule has 8 heteroatoms. The number of hydrogen-bond acceptors (Lipinski definition) is 7. The summed E-state index contributed by atoms with van der Waals surface area (Å²) in [7, 11) is 0. The molecule has 2 N–H and O–H groups in total. The van der Waals surface area contributed by atoms with E-state index < -0.39 is 0 Å². The van der Waals surface area contributed by atoms with Gasteiger partial charge in [0.25, 0.3) is 0 Å². The molecular formula is C10H12N6S2. The minimum absolute atomic E-state index is 0.0411. The van der Waals surface area contributed by atoms with Crippen LogP contribution in [0.5, 0.6) is 0 Å². The van der Waals surface area contributed by atoms with Crippen LogP contribution in [0.2, 0.25) is 0 Å². The van der Waals surface area contributed by atoms with E-state index in [-0.39, 0.29) is 6.04 Å². The largest absolute Gasteiger partial charge is 0.322 e. The average Bonchev–Trinajstić information content (AvgIpc) is 3.02. The highest BCUT2D eigenvalue weighted by Crippen LogP contribution is 2.28. The van der Waals surface area contributed by atoms with Gasteiger partial charge in [-0.3, -0.25) is 0 Å². The highest BCUT2D eigenvalue weighted by Gasteiger charge is 2.15. The molecule has 0 saturated carbocycles. The van der Waals surface area contributed by atoms with Crippen LogP contribution >= 0.6 is 22.7 Å². The summed E-state index contributed by atoms with van der Waals surface area (Å²) in [6.07, 6.45) is 0.812. The molecule has 0 fully saturated rings. The van der Waals surface area contributed by atoms with Crippen LogP contribution in [0.1, 0.15) is 30.7 Å². The fourth-order valence-electron chi connectivity index (χ4n) is 1.58. The average molecular weight is 280 g/mol. The second-order valence-electron chi connectivity index (χ2n) is 3.93. The number of rotatable bonds is 3. The number of aryl methyl sites for hydroxylation is 1. The number of fused-ring (bicyclic) bond motifs is 1. The van der Waals surface area contributed by atoms with E-state index in [2.05, 4.69) is 20.3 Å². The molecule has 3 heterocycles. The van der Waals surface area contributed by atoms with Gasteiger partial charge in [-0.1, -0.05) is 18.3 Å². The fourth-order valence-corrected chi connectivity index (χ4v) is 3.23. The summed E-state index contributed by atoms with van der Waals surface area (Å²) in [5.41, 5.74) is 6.67. The molecule has 0 aliphatic rings. The lowest BCUT2D eigenvalue weighted by molar-refractivity contribution is 0.806. The molecule has 1 atom stereocenters. The summed E-state index contributed by atoms with van der Waals surface area (Å²) in [4.78, 5) is 5.29. The zero-order valence-corrected chi connectivity index (χ0v) is 11.6. The first-order chi connectivity index (χ1) is 8.69. The lowest BCUT2D eigenvalue weighted by Crippen LogP contribution is -2.03. The van der Waals surface area contributed by atoms with Gasteiger partial charge in [-0.2, -0.15) is 9.61 Å². The molecule has 1 unspecified atom stereocenters. The van der Waals surface area contributed by atoms with E-state index >= 15 is 0 Å². The third-order valence-electron chi connectivity index (χ3n) is 2.50. The molecular weight excluding hydrogens is 268 g/mol. The summed E-state index contributed by atoms with van der Waals surface area (Å²) >= 11 is 3.05. The monoisotopic (exact) mass is 280 g/mol. The number of nitrogens with zero attached hydrogens (tertiary/aromatic N) is 5. The van der Waals surface area contributed by atoms with Crippen LogP contribution in [0.4, 0.5) is 0 Å². The van der Waals surface area contributed by atoms with Crippen LogP contribution in [0.15, 0.2) is 5.38 Å². The van der Waals surface area contributed by atoms with Gasteiger partial charge in [-0.15, -0.1) is 21.5 Å². The summed E-state index contributed by atoms with van der Waals surface area (Å²) < 4.78 is 1.78. The Morgan fingerprint density at radius 3 is 2.94 bits per heavy atom. The normalized spacial score (nSPS) is 13.3. The zero-order chi connectivity index (χ0) is 12.7. The molecule has 0 amide bonds. The molecule has 0 aliphatic carbocycles. The Morgan fingerprint density at radius 2 is 2.28 bits per heavy atom. The van der Waals surface area contributed by atoms with Crippen LogP contribution < -0.4 is 5.73 Å². The number of hydrogen-bond donors (Lipinski definition) is 1. The van der Waals surface area contributed by atoms with E-state index in [0.29, 0.717) is 0 Å². The van der Waals surface area contributed by atoms with Gasteiger partial charge in [0.05, 0.1) is 6.04 Å². The number of aromatic nitrogens is 5. The van der Waals surface area contributed by atoms with Crippen LogP contribution in [0.3, 0.4) is 0 Å². The quantitative estimate of drug-likeness (QED) is 0.792. The molecule has 0 aromatic carbocycles. The number of thiazole rings is 1. The molecule has 18 heavy (non-hydrogen) atoms. The third kappa shape index (κ3) is 1.82. The summed E-state index contributed by atoms with van der Waals surface area (Å²) in [5, 5.41) is 16.4. The van der Waals surface area contributed by atoms with Crippen molar-refractivity contribution in [3.63, 3.8) is 0 Å². The Bertz CT molecular complexity index is 679. The van der Waals surface area contributed by atoms with Crippen molar-refractivity contribution < 1.29 is 0 Å². The maximum atomic E-state index is 5.81. The molecule has 0 radical (unpaired) electrons. The SMILES string of the molecule is CCc1nnc2sc(-c3csc(C(C)N)n3)nn12. The van der Waals surface area contributed by atoms with Crippen molar-refractivity contribution in [3.8, 4) is 10.7 Å². The van der Waals surface area contributed by atoms with Gasteiger partial charge < -0.3 is 5.73 Å². The second-order valence-corrected chi connectivity index (χ2v) is 5.78. The lowest BCUT2D eigenvalue weighted by Gasteiger charge is -1.96. The molecule has 6 nitrogen and oxygen atoms in total. The van der Waals surface area contributed by atoms with Crippen LogP contribution in [0, 0.1) is 0 Å². The Hall–Kier alpha value is -1.38. The van der Waals surface area contributed by atoms with Crippen molar-refractivity contribution in [2.75, 3.05) is 0 Å². The first kappa shape index (κ1) is 11.7. The van der Waals surface area contributed by atoms with Crippen molar-refractivity contribution in [1.82, 2.24) is 24.8 Å². The van der Waals surface area contributed by atoms with Crippen LogP contribution in [-0.4, -0.2) is 24.8 Å². The van der Waals surface area contributed by atoms with Crippen molar-refractivity contribution in [2.45, 2.75) is 26.3 Å². The Kier molecular flexibility index (Phi) is 2.84. The van der Waals surface area contributed by atoms with Crippen molar-refractivity contribution in [1.29, 1.82) is 0 Å². The van der Waals surface area contributed by atoms with Crippen molar-refractivity contribution in [2.24, 2.45) is 5.73 Å². The van der Waals surface area contributed by atoms with E-state index in [1.54, 1.807) is 15.9 Å². The van der Waals surface area contributed by atoms with Gasteiger partial charge in [-0.05, 0) is 6.92 Å². The molecule has 0 bridgehead atoms. The molecule has 3 aromatic rings. The Labute approximate surface area is 112 Å². The van der Waals surface area contributed by atoms with E-state index in [9.17, 15) is 0 Å². The lowest BCUT2D eigenvalue weighted by atomic mass is 10.4. The minimum Gasteiger partial charge on any atom is -0.322 e. The van der Waals surface area contributed by atoms with Gasteiger partial charge >= 0.3 is 0 Å². The van der Waals surface area contributed by atoms with Crippen LogP contribution in [-0.2, 0) is 6.42 Å². The van der Waals surface area contributed by atoms with Gasteiger partial charge in [0.2, 0.25) is 4.96 Å². The molecule has 0 spiro atoms. The van der Waals surface area contributed by atoms with Crippen molar-refractivity contribution >= 4 is 27.6 Å². The Morgan fingerprint density at radius 1 is 1.44 bits per heavy atom. The summed E-state index contributed by atoms with van der Waals surface area (Å²) in [5.74, 6) is 0.871. The zero-order valence-electron chi connectivity index (χ0n) is 9.99. The molecule has 0 saturated heterocycles. The summed E-state index contributed by atoms with van der Waals surface area (Å²) in [6.45, 7) is 3.96. The summed E-state index contributed by atoms with van der Waals surface area (Å²) in [6, 6.07) is -0.0411. The minimum atomic E-state index is -0.0411. The van der Waals surface area contributed by atoms with Crippen molar-refractivity contribution in [3.05, 3.63) is 16.2 Å². The van der Waals surface area contributed by atoms with Crippen LogP contribution in [0.25, 0.3) is 15.7 Å². The van der Waals surface area contributed by atoms with E-state index in [1.165, 1.54) is 11.3 Å². The molecule has 3 aromatic heterocycles. The predicted octanol–water partition coefficient (Wildman–Crippen LogP) is 1.89. The van der Waals surface area contributed by atoms with E-state index in [4.69, 9.17) is 5.73 Å². The van der Waals surface area contributed by atoms with E-state index in [0.717, 1.165) is 32.9 Å². The first-order valence-corrected chi connectivity index (χ1v) is 7.31. The predicted molar refractivity (Wildman–Crippen MR) is 71.7 cm³/mol. The van der Waals surface area contributed by atoms with Gasteiger partial charge in [-0.25, -0.2) is 4.98 Å². The smallest absolute Gasteiger partial charge is 0.235 e. The third-order valence-corrected chi connectivity index (χ3v) is 4.47.